The molecule has 1 aliphatic heterocycles. The molecular formula is C26H28F2N4O2. The van der Waals surface area contributed by atoms with E-state index in [0.29, 0.717) is 26.2 Å². The van der Waals surface area contributed by atoms with Crippen LogP contribution in [0.4, 0.5) is 14.6 Å². The highest BCUT2D eigenvalue weighted by molar-refractivity contribution is 5.81. The molecule has 0 saturated carbocycles. The van der Waals surface area contributed by atoms with Crippen molar-refractivity contribution < 1.29 is 18.3 Å². The first-order chi connectivity index (χ1) is 16.2. The maximum Gasteiger partial charge on any atom is 0.263 e. The number of aromatic nitrogens is 2. The Balaban J connectivity index is 1.36. The Morgan fingerprint density at radius 2 is 1.62 bits per heavy atom. The smallest absolute Gasteiger partial charge is 0.263 e. The molecule has 4 rings (SSSR count). The third-order valence-corrected chi connectivity index (χ3v) is 6.23. The molecule has 0 spiro atoms. The fourth-order valence-electron chi connectivity index (χ4n) is 4.10. The van der Waals surface area contributed by atoms with Gasteiger partial charge in [0.25, 0.3) is 5.91 Å². The fourth-order valence-corrected chi connectivity index (χ4v) is 4.10. The van der Waals surface area contributed by atoms with Crippen LogP contribution < -0.4 is 9.64 Å². The van der Waals surface area contributed by atoms with Crippen LogP contribution in [0.5, 0.6) is 5.75 Å². The topological polar surface area (TPSA) is 58.6 Å². The lowest BCUT2D eigenvalue weighted by Gasteiger charge is -2.36. The largest absolute Gasteiger partial charge is 0.478 e. The van der Waals surface area contributed by atoms with Gasteiger partial charge in [0, 0.05) is 37.8 Å². The number of carbonyl (C=O) groups is 1. The van der Waals surface area contributed by atoms with E-state index < -0.39 is 17.7 Å². The molecule has 1 amide bonds. The van der Waals surface area contributed by atoms with E-state index in [1.807, 2.05) is 12.1 Å². The number of piperazine rings is 1. The lowest BCUT2D eigenvalue weighted by molar-refractivity contribution is -0.138. The number of carbonyl (C=O) groups excluding carboxylic acids is 1. The van der Waals surface area contributed by atoms with Gasteiger partial charge in [0.15, 0.2) is 23.5 Å². The van der Waals surface area contributed by atoms with Crippen molar-refractivity contribution in [2.45, 2.75) is 33.8 Å². The quantitative estimate of drug-likeness (QED) is 0.556. The standard InChI is InChI=1S/C26H28F2N4O2/c1-16-13-18(3)21(14-17(16)2)23-6-8-25(30-29-23)31-9-11-32(12-10-31)26(33)19(4)34-24-7-5-20(27)15-22(24)28/h5-8,13-15,19H,9-12H2,1-4H3. The Bertz CT molecular complexity index is 1190. The van der Waals surface area contributed by atoms with E-state index >= 15 is 0 Å². The van der Waals surface area contributed by atoms with Crippen molar-refractivity contribution in [1.29, 1.82) is 0 Å². The van der Waals surface area contributed by atoms with E-state index in [1.165, 1.54) is 17.2 Å². The van der Waals surface area contributed by atoms with Gasteiger partial charge >= 0.3 is 0 Å². The van der Waals surface area contributed by atoms with E-state index in [1.54, 1.807) is 11.8 Å². The molecule has 0 radical (unpaired) electrons. The Kier molecular flexibility index (Phi) is 6.77. The summed E-state index contributed by atoms with van der Waals surface area (Å²) in [5, 5.41) is 8.87. The first kappa shape index (κ1) is 23.6. The number of halogens is 2. The zero-order chi connectivity index (χ0) is 24.4. The zero-order valence-corrected chi connectivity index (χ0v) is 19.8. The molecular weight excluding hydrogens is 438 g/mol. The van der Waals surface area contributed by atoms with Crippen molar-refractivity contribution in [2.24, 2.45) is 0 Å². The van der Waals surface area contributed by atoms with Crippen LogP contribution in [0.25, 0.3) is 11.3 Å². The van der Waals surface area contributed by atoms with Gasteiger partial charge in [-0.1, -0.05) is 6.07 Å². The number of nitrogens with zero attached hydrogens (tertiary/aromatic N) is 4. The van der Waals surface area contributed by atoms with Crippen molar-refractivity contribution in [3.05, 3.63) is 70.8 Å². The van der Waals surface area contributed by atoms with Crippen molar-refractivity contribution in [2.75, 3.05) is 31.1 Å². The van der Waals surface area contributed by atoms with Crippen LogP contribution >= 0.6 is 0 Å². The Hall–Kier alpha value is -3.55. The number of aryl methyl sites for hydroxylation is 3. The van der Waals surface area contributed by atoms with Gasteiger partial charge in [-0.15, -0.1) is 10.2 Å². The maximum absolute atomic E-state index is 13.8. The molecule has 0 aliphatic carbocycles. The van der Waals surface area contributed by atoms with Gasteiger partial charge in [-0.25, -0.2) is 8.78 Å². The molecule has 8 heteroatoms. The average molecular weight is 467 g/mol. The van der Waals surface area contributed by atoms with E-state index in [2.05, 4.69) is 48.0 Å². The zero-order valence-electron chi connectivity index (χ0n) is 19.8. The summed E-state index contributed by atoms with van der Waals surface area (Å²) >= 11 is 0. The first-order valence-corrected chi connectivity index (χ1v) is 11.3. The summed E-state index contributed by atoms with van der Waals surface area (Å²) in [6.45, 7) is 9.98. The Labute approximate surface area is 198 Å². The highest BCUT2D eigenvalue weighted by Crippen LogP contribution is 2.26. The predicted octanol–water partition coefficient (Wildman–Crippen LogP) is 4.46. The summed E-state index contributed by atoms with van der Waals surface area (Å²) in [7, 11) is 0. The lowest BCUT2D eigenvalue weighted by Crippen LogP contribution is -2.52. The van der Waals surface area contributed by atoms with Gasteiger partial charge in [0.2, 0.25) is 0 Å². The van der Waals surface area contributed by atoms with Gasteiger partial charge in [-0.3, -0.25) is 4.79 Å². The number of ether oxygens (including phenoxy) is 1. The fraction of sp³-hybridized carbons (Fsp3) is 0.346. The van der Waals surface area contributed by atoms with E-state index in [0.717, 1.165) is 34.8 Å². The SMILES string of the molecule is Cc1cc(C)c(-c2ccc(N3CCN(C(=O)C(C)Oc4ccc(F)cc4F)CC3)nn2)cc1C. The molecule has 1 saturated heterocycles. The summed E-state index contributed by atoms with van der Waals surface area (Å²) in [4.78, 5) is 16.5. The molecule has 0 bridgehead atoms. The minimum absolute atomic E-state index is 0.143. The second kappa shape index (κ2) is 9.75. The van der Waals surface area contributed by atoms with Crippen LogP contribution in [0.15, 0.2) is 42.5 Å². The molecule has 2 heterocycles. The van der Waals surface area contributed by atoms with Crippen molar-refractivity contribution in [1.82, 2.24) is 15.1 Å². The van der Waals surface area contributed by atoms with Gasteiger partial charge in [0.05, 0.1) is 5.69 Å². The number of amides is 1. The molecule has 1 atom stereocenters. The minimum Gasteiger partial charge on any atom is -0.478 e. The molecule has 1 aliphatic rings. The van der Waals surface area contributed by atoms with Gasteiger partial charge < -0.3 is 14.5 Å². The molecule has 1 aromatic heterocycles. The number of anilines is 1. The van der Waals surface area contributed by atoms with Crippen LogP contribution in [0.2, 0.25) is 0 Å². The third kappa shape index (κ3) is 5.00. The summed E-state index contributed by atoms with van der Waals surface area (Å²) in [6.07, 6.45) is -0.883. The predicted molar refractivity (Wildman–Crippen MR) is 127 cm³/mol. The summed E-state index contributed by atoms with van der Waals surface area (Å²) < 4.78 is 32.4. The Morgan fingerprint density at radius 3 is 2.26 bits per heavy atom. The van der Waals surface area contributed by atoms with Gasteiger partial charge in [-0.2, -0.15) is 0 Å². The van der Waals surface area contributed by atoms with E-state index in [9.17, 15) is 13.6 Å². The van der Waals surface area contributed by atoms with Crippen molar-refractivity contribution in [3.8, 4) is 17.0 Å². The van der Waals surface area contributed by atoms with Crippen LogP contribution in [-0.4, -0.2) is 53.3 Å². The van der Waals surface area contributed by atoms with Gasteiger partial charge in [0.1, 0.15) is 5.82 Å². The minimum atomic E-state index is -0.883. The van der Waals surface area contributed by atoms with Crippen LogP contribution in [0, 0.1) is 32.4 Å². The third-order valence-electron chi connectivity index (χ3n) is 6.23. The molecule has 0 N–H and O–H groups in total. The van der Waals surface area contributed by atoms with Crippen LogP contribution in [0.1, 0.15) is 23.6 Å². The molecule has 178 valence electrons. The lowest BCUT2D eigenvalue weighted by atomic mass is 9.99. The second-order valence-corrected chi connectivity index (χ2v) is 8.68. The number of benzene rings is 2. The number of hydrogen-bond acceptors (Lipinski definition) is 5. The maximum atomic E-state index is 13.8. The molecule has 1 unspecified atom stereocenters. The summed E-state index contributed by atoms with van der Waals surface area (Å²) in [5.74, 6) is -1.15. The molecule has 2 aromatic carbocycles. The van der Waals surface area contributed by atoms with E-state index in [4.69, 9.17) is 4.74 Å². The highest BCUT2D eigenvalue weighted by Gasteiger charge is 2.27. The monoisotopic (exact) mass is 466 g/mol. The average Bonchev–Trinajstić information content (AvgIpc) is 2.83. The molecule has 34 heavy (non-hydrogen) atoms. The molecule has 6 nitrogen and oxygen atoms in total. The normalized spacial score (nSPS) is 14.8. The molecule has 1 fully saturated rings. The van der Waals surface area contributed by atoms with Crippen LogP contribution in [-0.2, 0) is 4.79 Å². The molecule has 3 aromatic rings. The first-order valence-electron chi connectivity index (χ1n) is 11.3. The van der Waals surface area contributed by atoms with E-state index in [-0.39, 0.29) is 11.7 Å². The highest BCUT2D eigenvalue weighted by atomic mass is 19.1. The number of rotatable bonds is 5. The Morgan fingerprint density at radius 1 is 0.912 bits per heavy atom. The second-order valence-electron chi connectivity index (χ2n) is 8.68. The van der Waals surface area contributed by atoms with Gasteiger partial charge in [-0.05, 0) is 74.7 Å². The van der Waals surface area contributed by atoms with Crippen molar-refractivity contribution >= 4 is 11.7 Å². The van der Waals surface area contributed by atoms with Crippen molar-refractivity contribution in [3.63, 3.8) is 0 Å². The number of hydrogen-bond donors (Lipinski definition) is 0. The summed E-state index contributed by atoms with van der Waals surface area (Å²) in [6, 6.07) is 11.3. The van der Waals surface area contributed by atoms with Crippen LogP contribution in [0.3, 0.4) is 0 Å². The summed E-state index contributed by atoms with van der Waals surface area (Å²) in [5.41, 5.74) is 5.53.